The summed E-state index contributed by atoms with van der Waals surface area (Å²) in [6, 6.07) is 8.96. The minimum atomic E-state index is -0.211. The molecule has 0 atom stereocenters. The van der Waals surface area contributed by atoms with Crippen molar-refractivity contribution >= 4 is 16.6 Å². The number of aryl methyl sites for hydroxylation is 1. The molecule has 0 bridgehead atoms. The van der Waals surface area contributed by atoms with Gasteiger partial charge in [0.15, 0.2) is 11.5 Å². The van der Waals surface area contributed by atoms with Crippen LogP contribution in [0.25, 0.3) is 10.9 Å². The summed E-state index contributed by atoms with van der Waals surface area (Å²) in [5, 5.41) is 0.941. The van der Waals surface area contributed by atoms with Gasteiger partial charge in [0, 0.05) is 34.9 Å². The second-order valence-corrected chi connectivity index (χ2v) is 6.68. The molecule has 0 saturated heterocycles. The van der Waals surface area contributed by atoms with Crippen molar-refractivity contribution in [3.63, 3.8) is 0 Å². The standard InChI is InChI=1S/C22H23FN2O2/c1-3-27-22-12-18-14(10-21(22)26-2)8-9-24-19(18)6-4-15-13-25-20-7-5-16(23)11-17(15)20/h5,7,10-13,25H,3-4,6,8-9H2,1-2H3. The van der Waals surface area contributed by atoms with E-state index >= 15 is 0 Å². The third-order valence-electron chi connectivity index (χ3n) is 5.04. The smallest absolute Gasteiger partial charge is 0.161 e. The molecule has 0 saturated carbocycles. The predicted octanol–water partition coefficient (Wildman–Crippen LogP) is 4.69. The van der Waals surface area contributed by atoms with Crippen LogP contribution in [0.1, 0.15) is 30.0 Å². The zero-order valence-electron chi connectivity index (χ0n) is 15.6. The maximum Gasteiger partial charge on any atom is 0.161 e. The lowest BCUT2D eigenvalue weighted by atomic mass is 9.93. The monoisotopic (exact) mass is 366 g/mol. The molecule has 1 aliphatic heterocycles. The van der Waals surface area contributed by atoms with Gasteiger partial charge in [0.25, 0.3) is 0 Å². The molecule has 0 radical (unpaired) electrons. The van der Waals surface area contributed by atoms with Gasteiger partial charge in [0.2, 0.25) is 0 Å². The van der Waals surface area contributed by atoms with Crippen LogP contribution >= 0.6 is 0 Å². The van der Waals surface area contributed by atoms with E-state index in [1.807, 2.05) is 19.2 Å². The second kappa shape index (κ2) is 7.43. The lowest BCUT2D eigenvalue weighted by Gasteiger charge is -2.20. The fraction of sp³-hybridized carbons (Fsp3) is 0.318. The number of halogens is 1. The first-order valence-corrected chi connectivity index (χ1v) is 9.32. The second-order valence-electron chi connectivity index (χ2n) is 6.68. The minimum absolute atomic E-state index is 0.211. The molecule has 140 valence electrons. The van der Waals surface area contributed by atoms with Crippen LogP contribution in [0.5, 0.6) is 11.5 Å². The minimum Gasteiger partial charge on any atom is -0.493 e. The van der Waals surface area contributed by atoms with E-state index < -0.39 is 0 Å². The molecule has 1 aromatic heterocycles. The van der Waals surface area contributed by atoms with Crippen LogP contribution in [0.15, 0.2) is 41.5 Å². The van der Waals surface area contributed by atoms with Crippen LogP contribution in [0.3, 0.4) is 0 Å². The van der Waals surface area contributed by atoms with E-state index in [0.717, 1.165) is 65.0 Å². The maximum absolute atomic E-state index is 13.6. The Bertz CT molecular complexity index is 1010. The zero-order valence-corrected chi connectivity index (χ0v) is 15.6. The van der Waals surface area contributed by atoms with Gasteiger partial charge in [-0.1, -0.05) is 0 Å². The molecule has 0 fully saturated rings. The fourth-order valence-corrected chi connectivity index (χ4v) is 3.73. The highest BCUT2D eigenvalue weighted by Crippen LogP contribution is 2.33. The van der Waals surface area contributed by atoms with Gasteiger partial charge >= 0.3 is 0 Å². The molecular formula is C22H23FN2O2. The molecule has 0 aliphatic carbocycles. The van der Waals surface area contributed by atoms with Gasteiger partial charge in [0.1, 0.15) is 5.82 Å². The number of hydrogen-bond acceptors (Lipinski definition) is 3. The number of fused-ring (bicyclic) bond motifs is 2. The van der Waals surface area contributed by atoms with Gasteiger partial charge in [-0.15, -0.1) is 0 Å². The van der Waals surface area contributed by atoms with Crippen molar-refractivity contribution in [3.8, 4) is 11.5 Å². The number of nitrogens with zero attached hydrogens (tertiary/aromatic N) is 1. The molecule has 1 aliphatic rings. The van der Waals surface area contributed by atoms with Crippen LogP contribution in [-0.2, 0) is 12.8 Å². The van der Waals surface area contributed by atoms with Gasteiger partial charge < -0.3 is 14.5 Å². The Hall–Kier alpha value is -2.82. The fourth-order valence-electron chi connectivity index (χ4n) is 3.73. The van der Waals surface area contributed by atoms with Gasteiger partial charge in [-0.25, -0.2) is 4.39 Å². The summed E-state index contributed by atoms with van der Waals surface area (Å²) >= 11 is 0. The molecule has 4 nitrogen and oxygen atoms in total. The third-order valence-corrected chi connectivity index (χ3v) is 5.04. The molecule has 5 heteroatoms. The molecule has 1 N–H and O–H groups in total. The normalized spacial score (nSPS) is 13.4. The van der Waals surface area contributed by atoms with Crippen molar-refractivity contribution in [2.75, 3.05) is 20.3 Å². The number of aromatic nitrogens is 1. The first-order chi connectivity index (χ1) is 13.2. The lowest BCUT2D eigenvalue weighted by Crippen LogP contribution is -2.14. The summed E-state index contributed by atoms with van der Waals surface area (Å²) in [7, 11) is 1.66. The van der Waals surface area contributed by atoms with Crippen LogP contribution in [0.4, 0.5) is 4.39 Å². The number of benzene rings is 2. The Kier molecular flexibility index (Phi) is 4.84. The Labute approximate surface area is 158 Å². The van der Waals surface area contributed by atoms with Crippen molar-refractivity contribution in [1.82, 2.24) is 4.98 Å². The highest BCUT2D eigenvalue weighted by atomic mass is 19.1. The van der Waals surface area contributed by atoms with Gasteiger partial charge in [-0.3, -0.25) is 4.99 Å². The SMILES string of the molecule is CCOc1cc2c(cc1OC)CCN=C2CCc1c[nH]c2ccc(F)cc12. The topological polar surface area (TPSA) is 46.6 Å². The highest BCUT2D eigenvalue weighted by Gasteiger charge is 2.19. The largest absolute Gasteiger partial charge is 0.493 e. The van der Waals surface area contributed by atoms with E-state index in [1.54, 1.807) is 19.2 Å². The van der Waals surface area contributed by atoms with Crippen LogP contribution < -0.4 is 9.47 Å². The van der Waals surface area contributed by atoms with E-state index in [9.17, 15) is 4.39 Å². The predicted molar refractivity (Wildman–Crippen MR) is 106 cm³/mol. The number of ether oxygens (including phenoxy) is 2. The van der Waals surface area contributed by atoms with Crippen molar-refractivity contribution in [2.24, 2.45) is 4.99 Å². The summed E-state index contributed by atoms with van der Waals surface area (Å²) in [5.74, 6) is 1.31. The van der Waals surface area contributed by atoms with E-state index in [1.165, 1.54) is 11.6 Å². The van der Waals surface area contributed by atoms with Gasteiger partial charge in [0.05, 0.1) is 13.7 Å². The average Bonchev–Trinajstić information content (AvgIpc) is 3.08. The molecule has 2 aromatic carbocycles. The number of hydrogen-bond donors (Lipinski definition) is 1. The Morgan fingerprint density at radius 2 is 2.04 bits per heavy atom. The first kappa shape index (κ1) is 17.6. The summed E-state index contributed by atoms with van der Waals surface area (Å²) < 4.78 is 24.8. The zero-order chi connectivity index (χ0) is 18.8. The number of aromatic amines is 1. The Balaban J connectivity index is 1.61. The molecule has 0 amide bonds. The van der Waals surface area contributed by atoms with E-state index in [-0.39, 0.29) is 5.82 Å². The van der Waals surface area contributed by atoms with Crippen molar-refractivity contribution in [1.29, 1.82) is 0 Å². The van der Waals surface area contributed by atoms with Crippen LogP contribution in [0.2, 0.25) is 0 Å². The molecule has 2 heterocycles. The molecular weight excluding hydrogens is 343 g/mol. The van der Waals surface area contributed by atoms with Crippen LogP contribution in [0, 0.1) is 5.82 Å². The molecule has 27 heavy (non-hydrogen) atoms. The summed E-state index contributed by atoms with van der Waals surface area (Å²) in [5.41, 5.74) is 5.52. The highest BCUT2D eigenvalue weighted by molar-refractivity contribution is 6.03. The number of methoxy groups -OCH3 is 1. The van der Waals surface area contributed by atoms with Crippen molar-refractivity contribution in [2.45, 2.75) is 26.2 Å². The van der Waals surface area contributed by atoms with E-state index in [4.69, 9.17) is 14.5 Å². The number of rotatable bonds is 6. The number of aliphatic imine (C=N–C) groups is 1. The third kappa shape index (κ3) is 3.42. The quantitative estimate of drug-likeness (QED) is 0.688. The van der Waals surface area contributed by atoms with E-state index in [0.29, 0.717) is 6.61 Å². The van der Waals surface area contributed by atoms with Gasteiger partial charge in [-0.2, -0.15) is 0 Å². The Morgan fingerprint density at radius 3 is 2.85 bits per heavy atom. The summed E-state index contributed by atoms with van der Waals surface area (Å²) in [4.78, 5) is 7.98. The van der Waals surface area contributed by atoms with Crippen molar-refractivity contribution in [3.05, 3.63) is 59.0 Å². The molecule has 0 spiro atoms. The Morgan fingerprint density at radius 1 is 1.15 bits per heavy atom. The summed E-state index contributed by atoms with van der Waals surface area (Å²) in [6.45, 7) is 3.33. The first-order valence-electron chi connectivity index (χ1n) is 9.32. The number of nitrogens with one attached hydrogen (secondary N) is 1. The van der Waals surface area contributed by atoms with Gasteiger partial charge in [-0.05, 0) is 67.6 Å². The average molecular weight is 366 g/mol. The van der Waals surface area contributed by atoms with Crippen molar-refractivity contribution < 1.29 is 13.9 Å². The van der Waals surface area contributed by atoms with E-state index in [2.05, 4.69) is 11.1 Å². The lowest BCUT2D eigenvalue weighted by molar-refractivity contribution is 0.310. The maximum atomic E-state index is 13.6. The molecule has 4 rings (SSSR count). The molecule has 0 unspecified atom stereocenters. The van der Waals surface area contributed by atoms with Crippen LogP contribution in [-0.4, -0.2) is 31.0 Å². The number of H-pyrrole nitrogens is 1. The molecule has 3 aromatic rings. The summed E-state index contributed by atoms with van der Waals surface area (Å²) in [6.07, 6.45) is 4.47.